The maximum Gasteiger partial charge on any atom is 0.210 e. The van der Waals surface area contributed by atoms with Crippen LogP contribution >= 0.6 is 0 Å². The molecule has 0 saturated heterocycles. The minimum atomic E-state index is -0.149. The number of ether oxygens (including phenoxy) is 2. The van der Waals surface area contributed by atoms with Crippen LogP contribution < -0.4 is 0 Å². The highest BCUT2D eigenvalue weighted by Crippen LogP contribution is 2.39. The first-order valence-corrected chi connectivity index (χ1v) is 7.51. The molecule has 2 rings (SSSR count). The van der Waals surface area contributed by atoms with Gasteiger partial charge in [0.2, 0.25) is 11.8 Å². The summed E-state index contributed by atoms with van der Waals surface area (Å²) in [5.74, 6) is 1.73. The molecule has 0 aromatic heterocycles. The van der Waals surface area contributed by atoms with Crippen LogP contribution in [-0.4, -0.2) is 38.1 Å². The highest BCUT2D eigenvalue weighted by molar-refractivity contribution is 5.94. The van der Waals surface area contributed by atoms with Crippen LogP contribution in [0.4, 0.5) is 0 Å². The van der Waals surface area contributed by atoms with Crippen LogP contribution in [0.2, 0.25) is 0 Å². The van der Waals surface area contributed by atoms with E-state index >= 15 is 0 Å². The first kappa shape index (κ1) is 15.8. The Morgan fingerprint density at radius 3 is 2.29 bits per heavy atom. The molecule has 0 bridgehead atoms. The molecule has 1 aliphatic carbocycles. The van der Waals surface area contributed by atoms with Gasteiger partial charge >= 0.3 is 0 Å². The van der Waals surface area contributed by atoms with Crippen molar-refractivity contribution < 1.29 is 9.47 Å². The summed E-state index contributed by atoms with van der Waals surface area (Å²) in [6.45, 7) is 8.62. The van der Waals surface area contributed by atoms with Crippen molar-refractivity contribution in [1.82, 2.24) is 0 Å². The van der Waals surface area contributed by atoms with Gasteiger partial charge in [-0.05, 0) is 12.3 Å². The van der Waals surface area contributed by atoms with Gasteiger partial charge in [0.15, 0.2) is 0 Å². The predicted octanol–water partition coefficient (Wildman–Crippen LogP) is 3.40. The molecule has 0 N–H and O–H groups in total. The summed E-state index contributed by atoms with van der Waals surface area (Å²) < 4.78 is 11.1. The number of methoxy groups -OCH3 is 2. The molecule has 1 heterocycles. The van der Waals surface area contributed by atoms with E-state index in [4.69, 9.17) is 19.5 Å². The standard InChI is InChI=1S/C17H26N2O2/c1-11(2)13-15(20-5)19-14(16(18-13)21-6)17(3,4)12-9-7-8-10-12/h7-9,11,13-14H,10H2,1-6H3/t13-,14-/m1/s1. The van der Waals surface area contributed by atoms with Crippen LogP contribution in [0, 0.1) is 11.3 Å². The first-order valence-electron chi connectivity index (χ1n) is 7.51. The van der Waals surface area contributed by atoms with E-state index in [9.17, 15) is 0 Å². The summed E-state index contributed by atoms with van der Waals surface area (Å²) in [6, 6.07) is -0.203. The third kappa shape index (κ3) is 2.89. The number of aliphatic imine (C=N–C) groups is 2. The quantitative estimate of drug-likeness (QED) is 0.799. The SMILES string of the molecule is COC1=N[C@H](C(C)C)C(OC)=N[C@H]1C(C)(C)C1=CC=CC1. The number of rotatable bonds is 3. The van der Waals surface area contributed by atoms with Gasteiger partial charge in [-0.2, -0.15) is 0 Å². The fraction of sp³-hybridized carbons (Fsp3) is 0.647. The van der Waals surface area contributed by atoms with E-state index in [0.29, 0.717) is 17.7 Å². The van der Waals surface area contributed by atoms with Crippen LogP contribution in [0.1, 0.15) is 34.1 Å². The van der Waals surface area contributed by atoms with Gasteiger partial charge in [-0.25, -0.2) is 9.98 Å². The van der Waals surface area contributed by atoms with Crippen LogP contribution in [0.3, 0.4) is 0 Å². The fourth-order valence-electron chi connectivity index (χ4n) is 2.86. The van der Waals surface area contributed by atoms with E-state index in [2.05, 4.69) is 45.9 Å². The van der Waals surface area contributed by atoms with Gasteiger partial charge in [0.25, 0.3) is 0 Å². The molecular formula is C17H26N2O2. The third-order valence-electron chi connectivity index (χ3n) is 4.34. The topological polar surface area (TPSA) is 43.2 Å². The zero-order valence-electron chi connectivity index (χ0n) is 13.9. The van der Waals surface area contributed by atoms with E-state index in [0.717, 1.165) is 6.42 Å². The lowest BCUT2D eigenvalue weighted by molar-refractivity contribution is 0.292. The Morgan fingerprint density at radius 2 is 1.81 bits per heavy atom. The Labute approximate surface area is 127 Å². The van der Waals surface area contributed by atoms with Crippen molar-refractivity contribution in [3.63, 3.8) is 0 Å². The Kier molecular flexibility index (Phi) is 4.55. The lowest BCUT2D eigenvalue weighted by Gasteiger charge is -2.37. The molecule has 4 nitrogen and oxygen atoms in total. The molecule has 0 fully saturated rings. The number of hydrogen-bond acceptors (Lipinski definition) is 4. The molecule has 21 heavy (non-hydrogen) atoms. The summed E-state index contributed by atoms with van der Waals surface area (Å²) >= 11 is 0. The van der Waals surface area contributed by atoms with E-state index in [1.165, 1.54) is 5.57 Å². The summed E-state index contributed by atoms with van der Waals surface area (Å²) in [5.41, 5.74) is 1.20. The minimum absolute atomic E-state index is 0.0623. The Morgan fingerprint density at radius 1 is 1.14 bits per heavy atom. The molecule has 0 spiro atoms. The molecular weight excluding hydrogens is 264 g/mol. The normalized spacial score (nSPS) is 25.6. The predicted molar refractivity (Wildman–Crippen MR) is 86.9 cm³/mol. The first-order chi connectivity index (χ1) is 9.91. The van der Waals surface area contributed by atoms with Crippen molar-refractivity contribution >= 4 is 11.8 Å². The van der Waals surface area contributed by atoms with Gasteiger partial charge in [0, 0.05) is 5.41 Å². The Balaban J connectivity index is 2.38. The van der Waals surface area contributed by atoms with E-state index in [-0.39, 0.29) is 17.5 Å². The molecule has 116 valence electrons. The van der Waals surface area contributed by atoms with Crippen molar-refractivity contribution in [2.24, 2.45) is 21.3 Å². The van der Waals surface area contributed by atoms with E-state index in [1.54, 1.807) is 14.2 Å². The second kappa shape index (κ2) is 6.04. The average molecular weight is 290 g/mol. The van der Waals surface area contributed by atoms with Crippen molar-refractivity contribution in [1.29, 1.82) is 0 Å². The highest BCUT2D eigenvalue weighted by atomic mass is 16.5. The van der Waals surface area contributed by atoms with E-state index < -0.39 is 0 Å². The lowest BCUT2D eigenvalue weighted by Crippen LogP contribution is -2.44. The molecule has 2 atom stereocenters. The highest BCUT2D eigenvalue weighted by Gasteiger charge is 2.41. The molecule has 4 heteroatoms. The largest absolute Gasteiger partial charge is 0.483 e. The molecule has 0 saturated carbocycles. The zero-order valence-corrected chi connectivity index (χ0v) is 13.9. The van der Waals surface area contributed by atoms with Crippen molar-refractivity contribution in [2.45, 2.75) is 46.2 Å². The number of hydrogen-bond donors (Lipinski definition) is 0. The lowest BCUT2D eigenvalue weighted by atomic mass is 9.76. The second-order valence-corrected chi connectivity index (χ2v) is 6.48. The van der Waals surface area contributed by atoms with E-state index in [1.807, 2.05) is 0 Å². The van der Waals surface area contributed by atoms with Crippen LogP contribution in [0.5, 0.6) is 0 Å². The van der Waals surface area contributed by atoms with Gasteiger partial charge in [0.05, 0.1) is 14.2 Å². The van der Waals surface area contributed by atoms with Gasteiger partial charge in [-0.15, -0.1) is 0 Å². The van der Waals surface area contributed by atoms with Crippen LogP contribution in [0.25, 0.3) is 0 Å². The third-order valence-corrected chi connectivity index (χ3v) is 4.34. The molecule has 0 radical (unpaired) electrons. The van der Waals surface area contributed by atoms with Gasteiger partial charge < -0.3 is 9.47 Å². The van der Waals surface area contributed by atoms with Gasteiger partial charge in [-0.3, -0.25) is 0 Å². The van der Waals surface area contributed by atoms with Gasteiger partial charge in [0.1, 0.15) is 12.1 Å². The smallest absolute Gasteiger partial charge is 0.210 e. The maximum absolute atomic E-state index is 5.56. The number of allylic oxidation sites excluding steroid dienone is 3. The van der Waals surface area contributed by atoms with Crippen molar-refractivity contribution in [2.75, 3.05) is 14.2 Å². The monoisotopic (exact) mass is 290 g/mol. The molecule has 0 amide bonds. The second-order valence-electron chi connectivity index (χ2n) is 6.48. The van der Waals surface area contributed by atoms with Crippen molar-refractivity contribution in [3.8, 4) is 0 Å². The van der Waals surface area contributed by atoms with Crippen LogP contribution in [0.15, 0.2) is 33.8 Å². The van der Waals surface area contributed by atoms with Crippen molar-refractivity contribution in [3.05, 3.63) is 23.8 Å². The molecule has 2 aliphatic rings. The maximum atomic E-state index is 5.56. The summed E-state index contributed by atoms with van der Waals surface area (Å²) in [6.07, 6.45) is 7.40. The Hall–Kier alpha value is -1.58. The minimum Gasteiger partial charge on any atom is -0.483 e. The zero-order chi connectivity index (χ0) is 15.6. The van der Waals surface area contributed by atoms with Crippen LogP contribution in [-0.2, 0) is 9.47 Å². The average Bonchev–Trinajstić information content (AvgIpc) is 3.00. The molecule has 1 aliphatic heterocycles. The summed E-state index contributed by atoms with van der Waals surface area (Å²) in [4.78, 5) is 9.60. The molecule has 0 aromatic rings. The number of nitrogens with zero attached hydrogens (tertiary/aromatic N) is 2. The molecule has 0 unspecified atom stereocenters. The molecule has 0 aromatic carbocycles. The Bertz CT molecular complexity index is 513. The summed E-state index contributed by atoms with van der Waals surface area (Å²) in [5, 5.41) is 0. The van der Waals surface area contributed by atoms with Gasteiger partial charge in [-0.1, -0.05) is 51.5 Å². The fourth-order valence-corrected chi connectivity index (χ4v) is 2.86. The summed E-state index contributed by atoms with van der Waals surface area (Å²) in [7, 11) is 3.34.